The summed E-state index contributed by atoms with van der Waals surface area (Å²) in [4.78, 5) is 32.9. The average molecular weight is 479 g/mol. The van der Waals surface area contributed by atoms with E-state index in [1.54, 1.807) is 28.0 Å². The number of aryl methyl sites for hydroxylation is 3. The molecule has 0 atom stereocenters. The van der Waals surface area contributed by atoms with Crippen LogP contribution in [0.5, 0.6) is 0 Å². The maximum absolute atomic E-state index is 13.7. The number of hydrazone groups is 1. The van der Waals surface area contributed by atoms with Crippen molar-refractivity contribution >= 4 is 45.4 Å². The SMILES string of the molecule is Cc1ccc(-n2c(SCC(=O)NN=Cc3ccco3)nc3sc4c(c3c2=O)CCCC4)cc1. The van der Waals surface area contributed by atoms with Crippen molar-refractivity contribution in [2.45, 2.75) is 37.8 Å². The molecule has 1 amide bonds. The second kappa shape index (κ2) is 9.36. The monoisotopic (exact) mass is 478 g/mol. The first-order valence-electron chi connectivity index (χ1n) is 10.7. The quantitative estimate of drug-likeness (QED) is 0.191. The normalized spacial score (nSPS) is 13.5. The van der Waals surface area contributed by atoms with Crippen LogP contribution in [-0.2, 0) is 17.6 Å². The number of hydrogen-bond donors (Lipinski definition) is 1. The van der Waals surface area contributed by atoms with Crippen LogP contribution in [-0.4, -0.2) is 27.4 Å². The van der Waals surface area contributed by atoms with Crippen LogP contribution in [0.4, 0.5) is 0 Å². The highest BCUT2D eigenvalue weighted by Crippen LogP contribution is 2.35. The largest absolute Gasteiger partial charge is 0.463 e. The topological polar surface area (TPSA) is 89.5 Å². The summed E-state index contributed by atoms with van der Waals surface area (Å²) in [5.74, 6) is 0.327. The van der Waals surface area contributed by atoms with E-state index in [9.17, 15) is 9.59 Å². The lowest BCUT2D eigenvalue weighted by Crippen LogP contribution is -2.24. The summed E-state index contributed by atoms with van der Waals surface area (Å²) >= 11 is 2.83. The molecule has 1 aromatic carbocycles. The van der Waals surface area contributed by atoms with Crippen LogP contribution in [0.1, 0.15) is 34.6 Å². The standard InChI is InChI=1S/C24H22N4O3S2/c1-15-8-10-16(11-9-15)28-23(30)21-18-6-2-3-7-19(18)33-22(21)26-24(28)32-14-20(29)27-25-13-17-5-4-12-31-17/h4-5,8-13H,2-3,6-7,14H2,1H3,(H,27,29). The van der Waals surface area contributed by atoms with Crippen molar-refractivity contribution in [2.24, 2.45) is 5.10 Å². The molecule has 0 bridgehead atoms. The summed E-state index contributed by atoms with van der Waals surface area (Å²) in [6.07, 6.45) is 7.13. The highest BCUT2D eigenvalue weighted by Gasteiger charge is 2.23. The lowest BCUT2D eigenvalue weighted by Gasteiger charge is -2.13. The van der Waals surface area contributed by atoms with E-state index < -0.39 is 0 Å². The van der Waals surface area contributed by atoms with E-state index in [1.807, 2.05) is 31.2 Å². The van der Waals surface area contributed by atoms with E-state index in [2.05, 4.69) is 10.5 Å². The number of carbonyl (C=O) groups excluding carboxylic acids is 1. The first kappa shape index (κ1) is 21.7. The van der Waals surface area contributed by atoms with E-state index in [4.69, 9.17) is 9.40 Å². The molecule has 0 saturated carbocycles. The number of rotatable bonds is 6. The second-order valence-electron chi connectivity index (χ2n) is 7.86. The van der Waals surface area contributed by atoms with Gasteiger partial charge in [-0.05, 0) is 62.4 Å². The van der Waals surface area contributed by atoms with Crippen molar-refractivity contribution in [2.75, 3.05) is 5.75 Å². The van der Waals surface area contributed by atoms with Crippen LogP contribution >= 0.6 is 23.1 Å². The molecular formula is C24H22N4O3S2. The maximum atomic E-state index is 13.7. The van der Waals surface area contributed by atoms with Crippen molar-refractivity contribution in [1.82, 2.24) is 15.0 Å². The fourth-order valence-electron chi connectivity index (χ4n) is 3.90. The van der Waals surface area contributed by atoms with Gasteiger partial charge in [-0.1, -0.05) is 29.5 Å². The van der Waals surface area contributed by atoms with Crippen LogP contribution in [0.15, 0.2) is 62.1 Å². The Hall–Kier alpha value is -3.17. The summed E-state index contributed by atoms with van der Waals surface area (Å²) in [7, 11) is 0. The summed E-state index contributed by atoms with van der Waals surface area (Å²) in [5.41, 5.74) is 5.43. The molecule has 5 rings (SSSR count). The molecule has 0 unspecified atom stereocenters. The molecule has 0 saturated heterocycles. The Morgan fingerprint density at radius 1 is 1.27 bits per heavy atom. The van der Waals surface area contributed by atoms with E-state index in [1.165, 1.54) is 29.1 Å². The molecule has 0 spiro atoms. The number of aromatic nitrogens is 2. The van der Waals surface area contributed by atoms with Crippen LogP contribution in [0.2, 0.25) is 0 Å². The molecule has 0 radical (unpaired) electrons. The highest BCUT2D eigenvalue weighted by molar-refractivity contribution is 7.99. The molecule has 168 valence electrons. The number of amides is 1. The molecule has 3 aromatic heterocycles. The number of nitrogens with zero attached hydrogens (tertiary/aromatic N) is 3. The predicted molar refractivity (Wildman–Crippen MR) is 132 cm³/mol. The number of furan rings is 1. The minimum atomic E-state index is -0.293. The van der Waals surface area contributed by atoms with Crippen LogP contribution < -0.4 is 11.0 Å². The zero-order chi connectivity index (χ0) is 22.8. The molecule has 0 fully saturated rings. The molecule has 33 heavy (non-hydrogen) atoms. The molecule has 9 heteroatoms. The number of thioether (sulfide) groups is 1. The lowest BCUT2D eigenvalue weighted by atomic mass is 9.97. The number of fused-ring (bicyclic) bond motifs is 3. The van der Waals surface area contributed by atoms with Crippen molar-refractivity contribution < 1.29 is 9.21 Å². The first-order valence-corrected chi connectivity index (χ1v) is 12.5. The fraction of sp³-hybridized carbons (Fsp3) is 0.250. The Balaban J connectivity index is 1.47. The molecule has 4 aromatic rings. The molecule has 1 aliphatic rings. The van der Waals surface area contributed by atoms with Gasteiger partial charge in [-0.25, -0.2) is 10.4 Å². The van der Waals surface area contributed by atoms with Gasteiger partial charge in [0.25, 0.3) is 11.5 Å². The third-order valence-electron chi connectivity index (χ3n) is 5.51. The Morgan fingerprint density at radius 2 is 2.09 bits per heavy atom. The predicted octanol–water partition coefficient (Wildman–Crippen LogP) is 4.47. The highest BCUT2D eigenvalue weighted by atomic mass is 32.2. The van der Waals surface area contributed by atoms with Gasteiger partial charge in [0.05, 0.1) is 29.3 Å². The number of nitrogens with one attached hydrogen (secondary N) is 1. The number of hydrogen-bond acceptors (Lipinski definition) is 7. The van der Waals surface area contributed by atoms with Gasteiger partial charge in [0.2, 0.25) is 0 Å². The van der Waals surface area contributed by atoms with Gasteiger partial charge in [-0.15, -0.1) is 11.3 Å². The van der Waals surface area contributed by atoms with E-state index in [0.717, 1.165) is 52.7 Å². The van der Waals surface area contributed by atoms with E-state index >= 15 is 0 Å². The maximum Gasteiger partial charge on any atom is 0.267 e. The Labute approximate surface area is 198 Å². The third kappa shape index (κ3) is 4.51. The van der Waals surface area contributed by atoms with Gasteiger partial charge >= 0.3 is 0 Å². The fourth-order valence-corrected chi connectivity index (χ4v) is 6.01. The minimum absolute atomic E-state index is 0.0676. The second-order valence-corrected chi connectivity index (χ2v) is 9.88. The lowest BCUT2D eigenvalue weighted by molar-refractivity contribution is -0.118. The average Bonchev–Trinajstić information content (AvgIpc) is 3.46. The zero-order valence-corrected chi connectivity index (χ0v) is 19.7. The molecule has 3 heterocycles. The van der Waals surface area contributed by atoms with Crippen molar-refractivity contribution in [3.63, 3.8) is 0 Å². The molecule has 1 aliphatic carbocycles. The minimum Gasteiger partial charge on any atom is -0.463 e. The summed E-state index contributed by atoms with van der Waals surface area (Å²) in [6.45, 7) is 2.01. The smallest absolute Gasteiger partial charge is 0.267 e. The number of thiophene rings is 1. The van der Waals surface area contributed by atoms with Crippen molar-refractivity contribution in [3.8, 4) is 5.69 Å². The first-order chi connectivity index (χ1) is 16.1. The molecule has 7 nitrogen and oxygen atoms in total. The van der Waals surface area contributed by atoms with Crippen molar-refractivity contribution in [3.05, 3.63) is 74.8 Å². The van der Waals surface area contributed by atoms with Crippen LogP contribution in [0, 0.1) is 6.92 Å². The van der Waals surface area contributed by atoms with Gasteiger partial charge in [0.1, 0.15) is 10.6 Å². The van der Waals surface area contributed by atoms with Gasteiger partial charge in [0.15, 0.2) is 5.16 Å². The van der Waals surface area contributed by atoms with E-state index in [0.29, 0.717) is 10.9 Å². The Morgan fingerprint density at radius 3 is 2.88 bits per heavy atom. The Kier molecular flexibility index (Phi) is 6.15. The third-order valence-corrected chi connectivity index (χ3v) is 7.63. The molecule has 1 N–H and O–H groups in total. The van der Waals surface area contributed by atoms with Gasteiger partial charge < -0.3 is 4.42 Å². The van der Waals surface area contributed by atoms with E-state index in [-0.39, 0.29) is 17.2 Å². The molecule has 0 aliphatic heterocycles. The molecular weight excluding hydrogens is 456 g/mol. The van der Waals surface area contributed by atoms with Crippen LogP contribution in [0.25, 0.3) is 15.9 Å². The number of carbonyl (C=O) groups is 1. The van der Waals surface area contributed by atoms with Gasteiger partial charge in [-0.2, -0.15) is 5.10 Å². The summed E-state index contributed by atoms with van der Waals surface area (Å²) < 4.78 is 6.79. The summed E-state index contributed by atoms with van der Waals surface area (Å²) in [5, 5.41) is 5.14. The van der Waals surface area contributed by atoms with Gasteiger partial charge in [0, 0.05) is 4.88 Å². The van der Waals surface area contributed by atoms with Crippen LogP contribution in [0.3, 0.4) is 0 Å². The van der Waals surface area contributed by atoms with Crippen molar-refractivity contribution in [1.29, 1.82) is 0 Å². The Bertz CT molecular complexity index is 1390. The van der Waals surface area contributed by atoms with Gasteiger partial charge in [-0.3, -0.25) is 14.2 Å². The number of benzene rings is 1. The summed E-state index contributed by atoms with van der Waals surface area (Å²) in [6, 6.07) is 11.3. The zero-order valence-electron chi connectivity index (χ0n) is 18.0.